The fraction of sp³-hybridized carbons (Fsp3) is 0.0588. The molecule has 0 amide bonds. The summed E-state index contributed by atoms with van der Waals surface area (Å²) < 4.78 is 5.20. The van der Waals surface area contributed by atoms with Crippen LogP contribution in [0.4, 0.5) is 5.69 Å². The van der Waals surface area contributed by atoms with Crippen LogP contribution < -0.4 is 4.74 Å². The zero-order valence-electron chi connectivity index (χ0n) is 12.2. The lowest BCUT2D eigenvalue weighted by molar-refractivity contribution is -0.384. The van der Waals surface area contributed by atoms with Gasteiger partial charge in [-0.25, -0.2) is 0 Å². The average Bonchev–Trinajstić information content (AvgIpc) is 2.95. The van der Waals surface area contributed by atoms with Crippen LogP contribution in [-0.4, -0.2) is 17.0 Å². The number of nitrogens with zero attached hydrogens (tertiary/aromatic N) is 1. The number of aromatic amines is 1. The summed E-state index contributed by atoms with van der Waals surface area (Å²) in [6, 6.07) is 12.2. The second-order valence-electron chi connectivity index (χ2n) is 4.97. The third kappa shape index (κ3) is 3.19. The van der Waals surface area contributed by atoms with Gasteiger partial charge in [0.15, 0.2) is 0 Å². The van der Waals surface area contributed by atoms with Gasteiger partial charge in [0.25, 0.3) is 5.69 Å². The van der Waals surface area contributed by atoms with Crippen molar-refractivity contribution in [2.75, 3.05) is 7.11 Å². The molecule has 1 aromatic heterocycles. The van der Waals surface area contributed by atoms with Crippen molar-refractivity contribution in [3.63, 3.8) is 0 Å². The van der Waals surface area contributed by atoms with Gasteiger partial charge in [-0.3, -0.25) is 10.1 Å². The first kappa shape index (κ1) is 15.1. The van der Waals surface area contributed by atoms with E-state index >= 15 is 0 Å². The van der Waals surface area contributed by atoms with Crippen molar-refractivity contribution in [3.05, 3.63) is 68.9 Å². The zero-order valence-corrected chi connectivity index (χ0v) is 13.0. The number of nitrogens with one attached hydrogen (secondary N) is 1. The number of halogens is 1. The van der Waals surface area contributed by atoms with Gasteiger partial charge in [0.05, 0.1) is 17.1 Å². The van der Waals surface area contributed by atoms with Gasteiger partial charge in [0, 0.05) is 28.7 Å². The Morgan fingerprint density at radius 3 is 2.70 bits per heavy atom. The Morgan fingerprint density at radius 1 is 1.17 bits per heavy atom. The van der Waals surface area contributed by atoms with Crippen LogP contribution in [0.1, 0.15) is 11.3 Å². The van der Waals surface area contributed by atoms with Gasteiger partial charge < -0.3 is 9.72 Å². The zero-order chi connectivity index (χ0) is 16.4. The molecule has 0 aliphatic carbocycles. The Morgan fingerprint density at radius 2 is 2.00 bits per heavy atom. The molecule has 0 aliphatic heterocycles. The first-order valence-corrected chi connectivity index (χ1v) is 7.23. The molecule has 3 rings (SSSR count). The van der Waals surface area contributed by atoms with Crippen LogP contribution in [0.3, 0.4) is 0 Å². The monoisotopic (exact) mass is 328 g/mol. The minimum atomic E-state index is -0.468. The van der Waals surface area contributed by atoms with Crippen LogP contribution in [0.15, 0.2) is 42.5 Å². The first-order chi connectivity index (χ1) is 11.1. The smallest absolute Gasteiger partial charge is 0.270 e. The normalized spacial score (nSPS) is 11.2. The van der Waals surface area contributed by atoms with Crippen LogP contribution >= 0.6 is 11.6 Å². The van der Waals surface area contributed by atoms with Crippen LogP contribution in [0.25, 0.3) is 23.1 Å². The first-order valence-electron chi connectivity index (χ1n) is 6.85. The Bertz CT molecular complexity index is 915. The van der Waals surface area contributed by atoms with E-state index in [0.717, 1.165) is 22.3 Å². The van der Waals surface area contributed by atoms with Crippen LogP contribution in [0.2, 0.25) is 5.02 Å². The van der Waals surface area contributed by atoms with E-state index in [1.54, 1.807) is 13.2 Å². The van der Waals surface area contributed by atoms with E-state index in [9.17, 15) is 10.1 Å². The number of aromatic nitrogens is 1. The molecule has 0 fully saturated rings. The number of H-pyrrole nitrogens is 1. The van der Waals surface area contributed by atoms with Crippen LogP contribution in [0.5, 0.6) is 5.75 Å². The molecule has 0 atom stereocenters. The molecule has 116 valence electrons. The van der Waals surface area contributed by atoms with E-state index in [1.165, 1.54) is 12.1 Å². The summed E-state index contributed by atoms with van der Waals surface area (Å²) in [7, 11) is 1.63. The number of fused-ring (bicyclic) bond motifs is 1. The third-order valence-electron chi connectivity index (χ3n) is 3.49. The summed E-state index contributed by atoms with van der Waals surface area (Å²) in [5.41, 5.74) is 2.60. The lowest BCUT2D eigenvalue weighted by Gasteiger charge is -1.98. The van der Waals surface area contributed by atoms with Gasteiger partial charge >= 0.3 is 0 Å². The predicted octanol–water partition coefficient (Wildman–Crippen LogP) is 4.91. The number of methoxy groups -OCH3 is 1. The largest absolute Gasteiger partial charge is 0.497 e. The number of benzene rings is 2. The van der Waals surface area contributed by atoms with E-state index < -0.39 is 4.92 Å². The number of rotatable bonds is 4. The van der Waals surface area contributed by atoms with Crippen molar-refractivity contribution < 1.29 is 9.66 Å². The van der Waals surface area contributed by atoms with E-state index in [-0.39, 0.29) is 5.69 Å². The van der Waals surface area contributed by atoms with Gasteiger partial charge in [0.2, 0.25) is 0 Å². The lowest BCUT2D eigenvalue weighted by atomic mass is 10.2. The number of non-ortho nitro benzene ring substituents is 1. The molecule has 0 saturated heterocycles. The summed E-state index contributed by atoms with van der Waals surface area (Å²) in [4.78, 5) is 13.5. The summed E-state index contributed by atoms with van der Waals surface area (Å²) in [6.45, 7) is 0. The Hall–Kier alpha value is -2.79. The van der Waals surface area contributed by atoms with Crippen LogP contribution in [-0.2, 0) is 0 Å². The van der Waals surface area contributed by atoms with Crippen molar-refractivity contribution in [2.24, 2.45) is 0 Å². The number of nitro benzene ring substituents is 1. The molecular formula is C17H13ClN2O3. The molecule has 5 nitrogen and oxygen atoms in total. The molecule has 6 heteroatoms. The Balaban J connectivity index is 1.89. The highest BCUT2D eigenvalue weighted by molar-refractivity contribution is 6.32. The molecule has 1 N–H and O–H groups in total. The highest BCUT2D eigenvalue weighted by atomic mass is 35.5. The number of nitro groups is 1. The second-order valence-corrected chi connectivity index (χ2v) is 5.38. The van der Waals surface area contributed by atoms with Crippen molar-refractivity contribution in [3.8, 4) is 5.75 Å². The molecule has 3 aromatic rings. The topological polar surface area (TPSA) is 68.2 Å². The van der Waals surface area contributed by atoms with Crippen molar-refractivity contribution in [1.29, 1.82) is 0 Å². The number of ether oxygens (including phenoxy) is 1. The molecular weight excluding hydrogens is 316 g/mol. The highest BCUT2D eigenvalue weighted by Gasteiger charge is 2.07. The van der Waals surface area contributed by atoms with Gasteiger partial charge in [-0.05, 0) is 42.0 Å². The second kappa shape index (κ2) is 6.14. The summed E-state index contributed by atoms with van der Waals surface area (Å²) in [5, 5.41) is 12.1. The maximum absolute atomic E-state index is 10.7. The van der Waals surface area contributed by atoms with Gasteiger partial charge in [-0.2, -0.15) is 0 Å². The highest BCUT2D eigenvalue weighted by Crippen LogP contribution is 2.25. The van der Waals surface area contributed by atoms with E-state index in [1.807, 2.05) is 36.4 Å². The van der Waals surface area contributed by atoms with Crippen molar-refractivity contribution >= 4 is 40.3 Å². The average molecular weight is 329 g/mol. The van der Waals surface area contributed by atoms with E-state index in [4.69, 9.17) is 16.3 Å². The molecule has 23 heavy (non-hydrogen) atoms. The summed E-state index contributed by atoms with van der Waals surface area (Å²) in [5.74, 6) is 0.797. The fourth-order valence-electron chi connectivity index (χ4n) is 2.29. The van der Waals surface area contributed by atoms with Crippen molar-refractivity contribution in [1.82, 2.24) is 4.98 Å². The summed E-state index contributed by atoms with van der Waals surface area (Å²) in [6.07, 6.45) is 3.69. The molecule has 0 radical (unpaired) electrons. The van der Waals surface area contributed by atoms with E-state index in [2.05, 4.69) is 4.98 Å². The molecule has 0 aliphatic rings. The SMILES string of the molecule is COc1ccc2[nH]c(C=Cc3ccc([N+](=O)[O-])cc3Cl)cc2c1. The van der Waals surface area contributed by atoms with Gasteiger partial charge in [-0.15, -0.1) is 0 Å². The number of hydrogen-bond donors (Lipinski definition) is 1. The van der Waals surface area contributed by atoms with Gasteiger partial charge in [0.1, 0.15) is 5.75 Å². The lowest BCUT2D eigenvalue weighted by Crippen LogP contribution is -1.87. The fourth-order valence-corrected chi connectivity index (χ4v) is 2.53. The predicted molar refractivity (Wildman–Crippen MR) is 91.9 cm³/mol. The molecule has 2 aromatic carbocycles. The maximum Gasteiger partial charge on any atom is 0.270 e. The maximum atomic E-state index is 10.7. The molecule has 1 heterocycles. The summed E-state index contributed by atoms with van der Waals surface area (Å²) >= 11 is 6.08. The third-order valence-corrected chi connectivity index (χ3v) is 3.81. The number of hydrogen-bond acceptors (Lipinski definition) is 3. The molecule has 0 spiro atoms. The minimum absolute atomic E-state index is 0.0233. The molecule has 0 saturated carbocycles. The van der Waals surface area contributed by atoms with E-state index in [0.29, 0.717) is 10.6 Å². The quantitative estimate of drug-likeness (QED) is 0.546. The van der Waals surface area contributed by atoms with Gasteiger partial charge in [-0.1, -0.05) is 17.7 Å². The molecule has 0 bridgehead atoms. The molecule has 0 unspecified atom stereocenters. The minimum Gasteiger partial charge on any atom is -0.497 e. The Labute approximate surface area is 137 Å². The standard InChI is InChI=1S/C17H13ClN2O3/c1-23-15-6-7-17-12(9-15)8-13(19-17)4-2-11-3-5-14(20(21)22)10-16(11)18/h2-10,19H,1H3. The Kier molecular flexibility index (Phi) is 4.04. The van der Waals surface area contributed by atoms with Crippen molar-refractivity contribution in [2.45, 2.75) is 0 Å². The van der Waals surface area contributed by atoms with Crippen LogP contribution in [0, 0.1) is 10.1 Å².